The Morgan fingerprint density at radius 2 is 2.05 bits per heavy atom. The Labute approximate surface area is 116 Å². The summed E-state index contributed by atoms with van der Waals surface area (Å²) in [7, 11) is -3.14. The first kappa shape index (κ1) is 14.4. The van der Waals surface area contributed by atoms with E-state index in [4.69, 9.17) is 16.0 Å². The van der Waals surface area contributed by atoms with Crippen LogP contribution in [0.5, 0.6) is 0 Å². The molecule has 0 radical (unpaired) electrons. The van der Waals surface area contributed by atoms with Gasteiger partial charge in [-0.3, -0.25) is 4.79 Å². The third kappa shape index (κ3) is 3.71. The molecule has 106 valence electrons. The zero-order valence-corrected chi connectivity index (χ0v) is 12.0. The van der Waals surface area contributed by atoms with Gasteiger partial charge in [-0.2, -0.15) is 0 Å². The third-order valence-corrected chi connectivity index (χ3v) is 4.56. The maximum absolute atomic E-state index is 11.8. The van der Waals surface area contributed by atoms with E-state index >= 15 is 0 Å². The Morgan fingerprint density at radius 3 is 2.53 bits per heavy atom. The molecule has 6 nitrogen and oxygen atoms in total. The molecular weight excluding hydrogens is 292 g/mol. The Kier molecular flexibility index (Phi) is 4.17. The summed E-state index contributed by atoms with van der Waals surface area (Å²) in [5, 5.41) is 2.97. The molecule has 8 heteroatoms. The van der Waals surface area contributed by atoms with E-state index in [1.54, 1.807) is 0 Å². The van der Waals surface area contributed by atoms with Gasteiger partial charge in [0.1, 0.15) is 0 Å². The molecule has 0 spiro atoms. The molecule has 0 unspecified atom stereocenters. The summed E-state index contributed by atoms with van der Waals surface area (Å²) in [5.41, 5.74) is 0. The minimum absolute atomic E-state index is 0.0469. The molecule has 1 saturated heterocycles. The molecule has 0 aromatic carbocycles. The second-order valence-corrected chi connectivity index (χ2v) is 6.87. The summed E-state index contributed by atoms with van der Waals surface area (Å²) in [5.74, 6) is -0.166. The van der Waals surface area contributed by atoms with Crippen molar-refractivity contribution in [3.63, 3.8) is 0 Å². The molecule has 1 amide bonds. The van der Waals surface area contributed by atoms with Crippen molar-refractivity contribution < 1.29 is 17.6 Å². The number of rotatable bonds is 3. The first-order valence-electron chi connectivity index (χ1n) is 5.87. The van der Waals surface area contributed by atoms with Gasteiger partial charge in [0, 0.05) is 19.1 Å². The standard InChI is InChI=1S/C11H15ClN2O4S/c1-19(16,17)14-6-4-8(5-7-14)13-11(15)9-2-3-10(12)18-9/h2-3,8H,4-7H2,1H3,(H,13,15). The topological polar surface area (TPSA) is 79.6 Å². The van der Waals surface area contributed by atoms with E-state index in [0.717, 1.165) is 0 Å². The molecule has 0 atom stereocenters. The molecule has 2 heterocycles. The van der Waals surface area contributed by atoms with Crippen molar-refractivity contribution in [3.05, 3.63) is 23.1 Å². The van der Waals surface area contributed by atoms with E-state index in [9.17, 15) is 13.2 Å². The van der Waals surface area contributed by atoms with Crippen molar-refractivity contribution in [2.75, 3.05) is 19.3 Å². The number of furan rings is 1. The van der Waals surface area contributed by atoms with Gasteiger partial charge in [0.15, 0.2) is 11.0 Å². The van der Waals surface area contributed by atoms with Crippen LogP contribution in [0.4, 0.5) is 0 Å². The molecule has 1 aromatic rings. The number of nitrogens with zero attached hydrogens (tertiary/aromatic N) is 1. The molecule has 1 aliphatic rings. The molecule has 0 bridgehead atoms. The third-order valence-electron chi connectivity index (χ3n) is 3.06. The fourth-order valence-electron chi connectivity index (χ4n) is 2.02. The average Bonchev–Trinajstić information content (AvgIpc) is 2.75. The van der Waals surface area contributed by atoms with Gasteiger partial charge in [-0.05, 0) is 36.6 Å². The molecule has 1 N–H and O–H groups in total. The Hall–Kier alpha value is -1.05. The number of nitrogens with one attached hydrogen (secondary N) is 1. The zero-order valence-electron chi connectivity index (χ0n) is 10.4. The van der Waals surface area contributed by atoms with Crippen molar-refractivity contribution in [2.24, 2.45) is 0 Å². The fourth-order valence-corrected chi connectivity index (χ4v) is 3.04. The molecule has 1 aliphatic heterocycles. The number of halogens is 1. The van der Waals surface area contributed by atoms with Crippen molar-refractivity contribution >= 4 is 27.5 Å². The van der Waals surface area contributed by atoms with E-state index < -0.39 is 10.0 Å². The lowest BCUT2D eigenvalue weighted by Crippen LogP contribution is -2.46. The first-order chi connectivity index (χ1) is 8.86. The van der Waals surface area contributed by atoms with Gasteiger partial charge < -0.3 is 9.73 Å². The van der Waals surface area contributed by atoms with E-state index in [1.165, 1.54) is 22.7 Å². The van der Waals surface area contributed by atoms with Crippen molar-refractivity contribution in [2.45, 2.75) is 18.9 Å². The molecule has 2 rings (SSSR count). The highest BCUT2D eigenvalue weighted by atomic mass is 35.5. The number of amides is 1. The van der Waals surface area contributed by atoms with Crippen molar-refractivity contribution in [1.29, 1.82) is 0 Å². The van der Waals surface area contributed by atoms with Gasteiger partial charge in [0.05, 0.1) is 6.26 Å². The molecule has 0 saturated carbocycles. The summed E-state index contributed by atoms with van der Waals surface area (Å²) < 4.78 is 29.1. The lowest BCUT2D eigenvalue weighted by Gasteiger charge is -2.30. The number of carbonyl (C=O) groups is 1. The summed E-state index contributed by atoms with van der Waals surface area (Å²) in [6, 6.07) is 2.96. The van der Waals surface area contributed by atoms with Crippen LogP contribution in [0.2, 0.25) is 5.22 Å². The van der Waals surface area contributed by atoms with Gasteiger partial charge >= 0.3 is 0 Å². The van der Waals surface area contributed by atoms with Gasteiger partial charge in [-0.15, -0.1) is 0 Å². The van der Waals surface area contributed by atoms with Crippen molar-refractivity contribution in [3.8, 4) is 0 Å². The monoisotopic (exact) mass is 306 g/mol. The van der Waals surface area contributed by atoms with Crippen LogP contribution in [0.15, 0.2) is 16.5 Å². The second kappa shape index (κ2) is 5.52. The van der Waals surface area contributed by atoms with Crippen LogP contribution < -0.4 is 5.32 Å². The lowest BCUT2D eigenvalue weighted by molar-refractivity contribution is 0.0896. The molecular formula is C11H15ClN2O4S. The minimum Gasteiger partial charge on any atom is -0.440 e. The predicted molar refractivity (Wildman–Crippen MR) is 70.6 cm³/mol. The Bertz CT molecular complexity index is 561. The summed E-state index contributed by atoms with van der Waals surface area (Å²) in [6.07, 6.45) is 2.37. The highest BCUT2D eigenvalue weighted by Gasteiger charge is 2.26. The van der Waals surface area contributed by atoms with Crippen LogP contribution in [0.1, 0.15) is 23.4 Å². The largest absolute Gasteiger partial charge is 0.440 e. The highest BCUT2D eigenvalue weighted by Crippen LogP contribution is 2.16. The number of carbonyl (C=O) groups excluding carboxylic acids is 1. The molecule has 19 heavy (non-hydrogen) atoms. The first-order valence-corrected chi connectivity index (χ1v) is 8.10. The predicted octanol–water partition coefficient (Wildman–Crippen LogP) is 1.09. The quantitative estimate of drug-likeness (QED) is 0.906. The van der Waals surface area contributed by atoms with Crippen LogP contribution in [-0.2, 0) is 10.0 Å². The molecule has 1 aromatic heterocycles. The number of piperidine rings is 1. The van der Waals surface area contributed by atoms with E-state index in [2.05, 4.69) is 5.32 Å². The van der Waals surface area contributed by atoms with E-state index in [0.29, 0.717) is 25.9 Å². The maximum atomic E-state index is 11.8. The normalized spacial score (nSPS) is 18.4. The number of hydrogen-bond donors (Lipinski definition) is 1. The SMILES string of the molecule is CS(=O)(=O)N1CCC(NC(=O)c2ccc(Cl)o2)CC1. The van der Waals surface area contributed by atoms with Crippen LogP contribution in [0.25, 0.3) is 0 Å². The zero-order chi connectivity index (χ0) is 14.0. The van der Waals surface area contributed by atoms with Crippen LogP contribution in [0.3, 0.4) is 0 Å². The van der Waals surface area contributed by atoms with Crippen LogP contribution in [0, 0.1) is 0 Å². The van der Waals surface area contributed by atoms with Gasteiger partial charge in [0.25, 0.3) is 5.91 Å². The Morgan fingerprint density at radius 1 is 1.42 bits per heavy atom. The highest BCUT2D eigenvalue weighted by molar-refractivity contribution is 7.88. The smallest absolute Gasteiger partial charge is 0.287 e. The van der Waals surface area contributed by atoms with Crippen molar-refractivity contribution in [1.82, 2.24) is 9.62 Å². The van der Waals surface area contributed by atoms with Gasteiger partial charge in [0.2, 0.25) is 10.0 Å². The minimum atomic E-state index is -3.14. The average molecular weight is 307 g/mol. The van der Waals surface area contributed by atoms with E-state index in [1.807, 2.05) is 0 Å². The second-order valence-electron chi connectivity index (χ2n) is 4.51. The van der Waals surface area contributed by atoms with Gasteiger partial charge in [-0.25, -0.2) is 12.7 Å². The fraction of sp³-hybridized carbons (Fsp3) is 0.545. The summed E-state index contributed by atoms with van der Waals surface area (Å²) in [6.45, 7) is 0.839. The summed E-state index contributed by atoms with van der Waals surface area (Å²) >= 11 is 5.60. The maximum Gasteiger partial charge on any atom is 0.287 e. The van der Waals surface area contributed by atoms with E-state index in [-0.39, 0.29) is 22.9 Å². The number of sulfonamides is 1. The molecule has 0 aliphatic carbocycles. The van der Waals surface area contributed by atoms with Crippen LogP contribution in [-0.4, -0.2) is 44.0 Å². The Balaban J connectivity index is 1.88. The lowest BCUT2D eigenvalue weighted by atomic mass is 10.1. The number of hydrogen-bond acceptors (Lipinski definition) is 4. The summed E-state index contributed by atoms with van der Waals surface area (Å²) in [4.78, 5) is 11.8. The molecule has 1 fully saturated rings. The van der Waals surface area contributed by atoms with Gasteiger partial charge in [-0.1, -0.05) is 0 Å². The van der Waals surface area contributed by atoms with Crippen LogP contribution >= 0.6 is 11.6 Å².